The van der Waals surface area contributed by atoms with E-state index in [4.69, 9.17) is 9.47 Å². The molecule has 4 nitrogen and oxygen atoms in total. The molecule has 1 rings (SSSR count). The molecule has 0 atom stereocenters. The van der Waals surface area contributed by atoms with Gasteiger partial charge in [0.15, 0.2) is 0 Å². The van der Waals surface area contributed by atoms with Crippen molar-refractivity contribution < 1.29 is 19.1 Å². The van der Waals surface area contributed by atoms with Crippen molar-refractivity contribution in [3.8, 4) is 0 Å². The normalized spacial score (nSPS) is 17.4. The molecule has 0 aromatic rings. The molecule has 0 aromatic carbocycles. The van der Waals surface area contributed by atoms with Crippen LogP contribution < -0.4 is 0 Å². The molecule has 0 spiro atoms. The van der Waals surface area contributed by atoms with E-state index < -0.39 is 5.97 Å². The summed E-state index contributed by atoms with van der Waals surface area (Å²) in [5.74, 6) is -0.107. The minimum absolute atomic E-state index is 0.00273. The molecule has 0 bridgehead atoms. The summed E-state index contributed by atoms with van der Waals surface area (Å²) in [5, 5.41) is 0. The van der Waals surface area contributed by atoms with E-state index in [2.05, 4.69) is 0 Å². The van der Waals surface area contributed by atoms with Crippen LogP contribution in [0.3, 0.4) is 0 Å². The first-order valence-electron chi connectivity index (χ1n) is 5.85. The quantitative estimate of drug-likeness (QED) is 0.529. The second kappa shape index (κ2) is 6.63. The maximum Gasteiger partial charge on any atom is 0.313 e. The maximum absolute atomic E-state index is 11.7. The first-order valence-corrected chi connectivity index (χ1v) is 5.85. The van der Waals surface area contributed by atoms with Gasteiger partial charge in [-0.25, -0.2) is 0 Å². The lowest BCUT2D eigenvalue weighted by Crippen LogP contribution is -2.26. The van der Waals surface area contributed by atoms with Gasteiger partial charge in [-0.2, -0.15) is 0 Å². The van der Waals surface area contributed by atoms with Gasteiger partial charge in [0, 0.05) is 19.1 Å². The van der Waals surface area contributed by atoms with E-state index in [1.165, 1.54) is 0 Å². The summed E-state index contributed by atoms with van der Waals surface area (Å²) < 4.78 is 10.1. The van der Waals surface area contributed by atoms with Crippen LogP contribution in [-0.4, -0.2) is 31.6 Å². The number of hydrogen-bond acceptors (Lipinski definition) is 4. The van der Waals surface area contributed by atoms with Gasteiger partial charge in [0.25, 0.3) is 0 Å². The predicted octanol–water partition coefficient (Wildman–Crippen LogP) is 1.57. The number of esters is 1. The Kier molecular flexibility index (Phi) is 5.46. The molecule has 0 aliphatic carbocycles. The van der Waals surface area contributed by atoms with Gasteiger partial charge < -0.3 is 9.47 Å². The van der Waals surface area contributed by atoms with Crippen LogP contribution in [0.2, 0.25) is 0 Å². The van der Waals surface area contributed by atoms with Crippen LogP contribution in [0.25, 0.3) is 0 Å². The molecule has 1 aliphatic heterocycles. The fraction of sp³-hybridized carbons (Fsp3) is 0.833. The Morgan fingerprint density at radius 1 is 1.31 bits per heavy atom. The molecular weight excluding hydrogens is 208 g/mol. The smallest absolute Gasteiger partial charge is 0.313 e. The van der Waals surface area contributed by atoms with Gasteiger partial charge >= 0.3 is 5.97 Å². The van der Waals surface area contributed by atoms with E-state index in [-0.39, 0.29) is 18.1 Å². The average Bonchev–Trinajstić information content (AvgIpc) is 2.27. The van der Waals surface area contributed by atoms with Crippen LogP contribution in [-0.2, 0) is 19.1 Å². The highest BCUT2D eigenvalue weighted by Crippen LogP contribution is 2.17. The summed E-state index contributed by atoms with van der Waals surface area (Å²) in [5.41, 5.74) is 0. The van der Waals surface area contributed by atoms with Crippen molar-refractivity contribution in [3.05, 3.63) is 0 Å². The summed E-state index contributed by atoms with van der Waals surface area (Å²) in [6.45, 7) is 5.57. The van der Waals surface area contributed by atoms with E-state index >= 15 is 0 Å². The fourth-order valence-electron chi connectivity index (χ4n) is 1.62. The minimum Gasteiger partial charge on any atom is -0.465 e. The van der Waals surface area contributed by atoms with Crippen molar-refractivity contribution >= 4 is 11.8 Å². The van der Waals surface area contributed by atoms with Crippen molar-refractivity contribution in [2.24, 2.45) is 11.8 Å². The Morgan fingerprint density at radius 3 is 2.50 bits per heavy atom. The Balaban J connectivity index is 2.24. The third-order valence-corrected chi connectivity index (χ3v) is 2.57. The van der Waals surface area contributed by atoms with E-state index in [1.54, 1.807) is 0 Å². The number of rotatable bonds is 5. The molecule has 0 radical (unpaired) electrons. The van der Waals surface area contributed by atoms with Crippen molar-refractivity contribution in [1.82, 2.24) is 0 Å². The molecule has 16 heavy (non-hydrogen) atoms. The molecule has 0 saturated carbocycles. The lowest BCUT2D eigenvalue weighted by atomic mass is 9.94. The second-order valence-electron chi connectivity index (χ2n) is 4.61. The average molecular weight is 228 g/mol. The first kappa shape index (κ1) is 13.2. The van der Waals surface area contributed by atoms with Crippen LogP contribution in [0.1, 0.15) is 33.1 Å². The lowest BCUT2D eigenvalue weighted by Gasteiger charge is -2.20. The maximum atomic E-state index is 11.7. The van der Waals surface area contributed by atoms with Gasteiger partial charge in [0.05, 0.1) is 6.61 Å². The SMILES string of the molecule is CC(C)COC(=O)CC(=O)C1CCOCC1. The van der Waals surface area contributed by atoms with Gasteiger partial charge in [0.2, 0.25) is 0 Å². The van der Waals surface area contributed by atoms with Crippen LogP contribution in [0, 0.1) is 11.8 Å². The summed E-state index contributed by atoms with van der Waals surface area (Å²) >= 11 is 0. The van der Waals surface area contributed by atoms with Crippen molar-refractivity contribution in [1.29, 1.82) is 0 Å². The summed E-state index contributed by atoms with van der Waals surface area (Å²) in [4.78, 5) is 23.0. The highest BCUT2D eigenvalue weighted by Gasteiger charge is 2.23. The van der Waals surface area contributed by atoms with Gasteiger partial charge in [-0.3, -0.25) is 9.59 Å². The van der Waals surface area contributed by atoms with Gasteiger partial charge in [-0.1, -0.05) is 13.8 Å². The number of carbonyl (C=O) groups is 2. The summed E-state index contributed by atoms with van der Waals surface area (Å²) in [6, 6.07) is 0. The zero-order valence-corrected chi connectivity index (χ0v) is 10.0. The lowest BCUT2D eigenvalue weighted by molar-refractivity contribution is -0.148. The molecule has 0 amide bonds. The van der Waals surface area contributed by atoms with Crippen molar-refractivity contribution in [2.75, 3.05) is 19.8 Å². The molecular formula is C12H20O4. The molecule has 0 N–H and O–H groups in total. The Labute approximate surface area is 96.3 Å². The molecule has 1 fully saturated rings. The van der Waals surface area contributed by atoms with Crippen molar-refractivity contribution in [3.63, 3.8) is 0 Å². The fourth-order valence-corrected chi connectivity index (χ4v) is 1.62. The second-order valence-corrected chi connectivity index (χ2v) is 4.61. The monoisotopic (exact) mass is 228 g/mol. The molecule has 4 heteroatoms. The van der Waals surface area contributed by atoms with Crippen LogP contribution in [0.4, 0.5) is 0 Å². The van der Waals surface area contributed by atoms with Crippen LogP contribution >= 0.6 is 0 Å². The topological polar surface area (TPSA) is 52.6 Å². The number of carbonyl (C=O) groups excluding carboxylic acids is 2. The predicted molar refractivity (Wildman–Crippen MR) is 59.0 cm³/mol. The number of Topliss-reactive ketones (excluding diaryl/α,β-unsaturated/α-hetero) is 1. The molecule has 0 unspecified atom stereocenters. The number of ether oxygens (including phenoxy) is 2. The number of hydrogen-bond donors (Lipinski definition) is 0. The first-order chi connectivity index (χ1) is 7.59. The third kappa shape index (κ3) is 4.75. The van der Waals surface area contributed by atoms with E-state index in [1.807, 2.05) is 13.8 Å². The highest BCUT2D eigenvalue weighted by molar-refractivity contribution is 5.96. The zero-order chi connectivity index (χ0) is 12.0. The van der Waals surface area contributed by atoms with E-state index in [0.29, 0.717) is 25.7 Å². The van der Waals surface area contributed by atoms with E-state index in [9.17, 15) is 9.59 Å². The van der Waals surface area contributed by atoms with Gasteiger partial charge in [-0.15, -0.1) is 0 Å². The Hall–Kier alpha value is -0.900. The summed E-state index contributed by atoms with van der Waals surface area (Å²) in [7, 11) is 0. The highest BCUT2D eigenvalue weighted by atomic mass is 16.5. The largest absolute Gasteiger partial charge is 0.465 e. The molecule has 0 aromatic heterocycles. The Morgan fingerprint density at radius 2 is 1.94 bits per heavy atom. The zero-order valence-electron chi connectivity index (χ0n) is 10.0. The molecule has 1 aliphatic rings. The van der Waals surface area contributed by atoms with Gasteiger partial charge in [0.1, 0.15) is 12.2 Å². The number of ketones is 1. The van der Waals surface area contributed by atoms with E-state index in [0.717, 1.165) is 12.8 Å². The molecule has 92 valence electrons. The third-order valence-electron chi connectivity index (χ3n) is 2.57. The summed E-state index contributed by atoms with van der Waals surface area (Å²) in [6.07, 6.45) is 1.38. The standard InChI is InChI=1S/C12H20O4/c1-9(2)8-16-12(14)7-11(13)10-3-5-15-6-4-10/h9-10H,3-8H2,1-2H3. The van der Waals surface area contributed by atoms with Crippen LogP contribution in [0.5, 0.6) is 0 Å². The Bertz CT molecular complexity index is 241. The minimum atomic E-state index is -0.398. The molecule has 1 saturated heterocycles. The van der Waals surface area contributed by atoms with Crippen molar-refractivity contribution in [2.45, 2.75) is 33.1 Å². The van der Waals surface area contributed by atoms with Gasteiger partial charge in [-0.05, 0) is 18.8 Å². The molecule has 1 heterocycles. The van der Waals surface area contributed by atoms with Crippen LogP contribution in [0.15, 0.2) is 0 Å².